The van der Waals surface area contributed by atoms with Crippen LogP contribution in [0.1, 0.15) is 26.2 Å². The third kappa shape index (κ3) is 3.21. The molecule has 0 spiro atoms. The lowest BCUT2D eigenvalue weighted by molar-refractivity contribution is -0.122. The number of nitrogens with zero attached hydrogens (tertiary/aromatic N) is 2. The van der Waals surface area contributed by atoms with Crippen molar-refractivity contribution in [3.05, 3.63) is 24.3 Å². The van der Waals surface area contributed by atoms with Crippen LogP contribution < -0.4 is 9.64 Å². The van der Waals surface area contributed by atoms with Gasteiger partial charge in [-0.2, -0.15) is 0 Å². The van der Waals surface area contributed by atoms with Gasteiger partial charge in [-0.25, -0.2) is 0 Å². The van der Waals surface area contributed by atoms with Crippen LogP contribution in [-0.4, -0.2) is 54.8 Å². The molecule has 3 atom stereocenters. The fourth-order valence-corrected chi connectivity index (χ4v) is 3.81. The predicted molar refractivity (Wildman–Crippen MR) is 89.7 cm³/mol. The summed E-state index contributed by atoms with van der Waals surface area (Å²) < 4.78 is 5.39. The Kier molecular flexibility index (Phi) is 4.87. The molecule has 1 aromatic rings. The minimum atomic E-state index is -0.306. The number of para-hydroxylation sites is 2. The molecule has 126 valence electrons. The van der Waals surface area contributed by atoms with Crippen molar-refractivity contribution in [2.75, 3.05) is 31.6 Å². The number of aliphatic hydroxyl groups excluding tert-OH is 1. The maximum Gasteiger partial charge on any atom is 0.244 e. The van der Waals surface area contributed by atoms with E-state index in [1.165, 1.54) is 0 Å². The number of piperidine rings is 1. The highest BCUT2D eigenvalue weighted by atomic mass is 16.5. The van der Waals surface area contributed by atoms with Gasteiger partial charge in [0.2, 0.25) is 5.91 Å². The van der Waals surface area contributed by atoms with E-state index in [-0.39, 0.29) is 24.0 Å². The number of hydrogen-bond donors (Lipinski definition) is 1. The summed E-state index contributed by atoms with van der Waals surface area (Å²) in [5.41, 5.74) is 0.853. The number of carbonyl (C=O) groups excluding carboxylic acids is 1. The minimum Gasteiger partial charge on any atom is -0.495 e. The number of anilines is 1. The van der Waals surface area contributed by atoms with E-state index in [0.717, 1.165) is 50.3 Å². The fraction of sp³-hybridized carbons (Fsp3) is 0.611. The van der Waals surface area contributed by atoms with E-state index in [4.69, 9.17) is 4.74 Å². The summed E-state index contributed by atoms with van der Waals surface area (Å²) in [7, 11) is 1.63. The van der Waals surface area contributed by atoms with Crippen molar-refractivity contribution in [1.29, 1.82) is 0 Å². The van der Waals surface area contributed by atoms with Crippen LogP contribution in [-0.2, 0) is 4.79 Å². The Morgan fingerprint density at radius 1 is 1.26 bits per heavy atom. The molecule has 0 bridgehead atoms. The maximum atomic E-state index is 12.9. The van der Waals surface area contributed by atoms with Crippen LogP contribution in [0.5, 0.6) is 5.75 Å². The second-order valence-electron chi connectivity index (χ2n) is 6.60. The van der Waals surface area contributed by atoms with E-state index in [0.29, 0.717) is 0 Å². The highest BCUT2D eigenvalue weighted by molar-refractivity contribution is 6.00. The van der Waals surface area contributed by atoms with E-state index in [9.17, 15) is 9.90 Å². The third-order valence-electron chi connectivity index (χ3n) is 5.17. The van der Waals surface area contributed by atoms with Crippen molar-refractivity contribution in [2.24, 2.45) is 5.92 Å². The van der Waals surface area contributed by atoms with Crippen molar-refractivity contribution in [3.63, 3.8) is 0 Å². The van der Waals surface area contributed by atoms with E-state index in [2.05, 4.69) is 4.90 Å². The number of ether oxygens (including phenoxy) is 1. The Balaban J connectivity index is 1.74. The number of likely N-dealkylation sites (tertiary alicyclic amines) is 1. The summed E-state index contributed by atoms with van der Waals surface area (Å²) in [4.78, 5) is 17.0. The topological polar surface area (TPSA) is 53.0 Å². The van der Waals surface area contributed by atoms with Crippen molar-refractivity contribution in [1.82, 2.24) is 4.90 Å². The second kappa shape index (κ2) is 6.89. The Hall–Kier alpha value is -1.59. The number of hydrogen-bond acceptors (Lipinski definition) is 4. The summed E-state index contributed by atoms with van der Waals surface area (Å²) in [5.74, 6) is 1.17. The summed E-state index contributed by atoms with van der Waals surface area (Å²) >= 11 is 0. The molecule has 2 saturated heterocycles. The zero-order valence-electron chi connectivity index (χ0n) is 13.9. The Morgan fingerprint density at radius 2 is 2.04 bits per heavy atom. The van der Waals surface area contributed by atoms with E-state index < -0.39 is 0 Å². The van der Waals surface area contributed by atoms with Gasteiger partial charge in [-0.3, -0.25) is 9.69 Å². The smallest absolute Gasteiger partial charge is 0.244 e. The molecular weight excluding hydrogens is 292 g/mol. The molecule has 2 aliphatic rings. The molecule has 2 heterocycles. The fourth-order valence-electron chi connectivity index (χ4n) is 3.81. The molecule has 3 rings (SSSR count). The van der Waals surface area contributed by atoms with Crippen molar-refractivity contribution in [3.8, 4) is 5.75 Å². The second-order valence-corrected chi connectivity index (χ2v) is 6.60. The lowest BCUT2D eigenvalue weighted by Gasteiger charge is -2.37. The monoisotopic (exact) mass is 318 g/mol. The first-order valence-electron chi connectivity index (χ1n) is 8.48. The molecular formula is C18H26N2O3. The van der Waals surface area contributed by atoms with Crippen LogP contribution in [0.15, 0.2) is 24.3 Å². The molecule has 0 aromatic heterocycles. The number of carbonyl (C=O) groups is 1. The number of benzene rings is 1. The molecule has 5 heteroatoms. The molecule has 0 saturated carbocycles. The van der Waals surface area contributed by atoms with Gasteiger partial charge in [0, 0.05) is 13.1 Å². The molecule has 1 amide bonds. The Morgan fingerprint density at radius 3 is 2.78 bits per heavy atom. The first kappa shape index (κ1) is 16.3. The average Bonchev–Trinajstić information content (AvgIpc) is 2.96. The van der Waals surface area contributed by atoms with Crippen LogP contribution in [0, 0.1) is 5.92 Å². The van der Waals surface area contributed by atoms with Gasteiger partial charge >= 0.3 is 0 Å². The van der Waals surface area contributed by atoms with Gasteiger partial charge in [-0.1, -0.05) is 12.1 Å². The standard InChI is InChI=1S/C18H26N2O3/c1-13(21)14-6-5-10-19(12-14)16-9-11-20(18(16)22)15-7-3-4-8-17(15)23-2/h3-4,7-8,13-14,16,21H,5-6,9-12H2,1-2H3. The number of methoxy groups -OCH3 is 1. The molecule has 1 aromatic carbocycles. The maximum absolute atomic E-state index is 12.9. The SMILES string of the molecule is COc1ccccc1N1CCC(N2CCCC(C(C)O)C2)C1=O. The van der Waals surface area contributed by atoms with E-state index in [1.54, 1.807) is 7.11 Å². The largest absolute Gasteiger partial charge is 0.495 e. The Bertz CT molecular complexity index is 561. The quantitative estimate of drug-likeness (QED) is 0.921. The molecule has 0 aliphatic carbocycles. The number of rotatable bonds is 4. The van der Waals surface area contributed by atoms with Crippen molar-refractivity contribution < 1.29 is 14.6 Å². The highest BCUT2D eigenvalue weighted by Gasteiger charge is 2.39. The molecule has 0 radical (unpaired) electrons. The van der Waals surface area contributed by atoms with Gasteiger partial charge in [-0.15, -0.1) is 0 Å². The predicted octanol–water partition coefficient (Wildman–Crippen LogP) is 1.89. The minimum absolute atomic E-state index is 0.0681. The number of amides is 1. The zero-order chi connectivity index (χ0) is 16.4. The number of aliphatic hydroxyl groups is 1. The summed E-state index contributed by atoms with van der Waals surface area (Å²) in [6, 6.07) is 7.61. The van der Waals surface area contributed by atoms with E-state index >= 15 is 0 Å². The van der Waals surface area contributed by atoms with Gasteiger partial charge in [-0.05, 0) is 50.8 Å². The Labute approximate surface area is 137 Å². The summed E-state index contributed by atoms with van der Waals surface area (Å²) in [6.45, 7) is 4.33. The van der Waals surface area contributed by atoms with Crippen LogP contribution in [0.3, 0.4) is 0 Å². The molecule has 2 aliphatic heterocycles. The van der Waals surface area contributed by atoms with Crippen LogP contribution in [0.25, 0.3) is 0 Å². The van der Waals surface area contributed by atoms with Crippen molar-refractivity contribution in [2.45, 2.75) is 38.3 Å². The van der Waals surface area contributed by atoms with Gasteiger partial charge < -0.3 is 14.7 Å². The van der Waals surface area contributed by atoms with Crippen molar-refractivity contribution >= 4 is 11.6 Å². The highest BCUT2D eigenvalue weighted by Crippen LogP contribution is 2.33. The lowest BCUT2D eigenvalue weighted by atomic mass is 9.92. The van der Waals surface area contributed by atoms with Crippen LogP contribution >= 0.6 is 0 Å². The van der Waals surface area contributed by atoms with Gasteiger partial charge in [0.1, 0.15) is 5.75 Å². The van der Waals surface area contributed by atoms with Gasteiger partial charge in [0.15, 0.2) is 0 Å². The van der Waals surface area contributed by atoms with Crippen LogP contribution in [0.2, 0.25) is 0 Å². The molecule has 3 unspecified atom stereocenters. The average molecular weight is 318 g/mol. The lowest BCUT2D eigenvalue weighted by Crippen LogP contribution is -2.48. The van der Waals surface area contributed by atoms with Gasteiger partial charge in [0.25, 0.3) is 0 Å². The summed E-state index contributed by atoms with van der Waals surface area (Å²) in [5, 5.41) is 9.86. The normalized spacial score (nSPS) is 27.3. The summed E-state index contributed by atoms with van der Waals surface area (Å²) in [6.07, 6.45) is 2.63. The van der Waals surface area contributed by atoms with Crippen LogP contribution in [0.4, 0.5) is 5.69 Å². The zero-order valence-corrected chi connectivity index (χ0v) is 13.9. The first-order valence-corrected chi connectivity index (χ1v) is 8.48. The third-order valence-corrected chi connectivity index (χ3v) is 5.17. The molecule has 23 heavy (non-hydrogen) atoms. The first-order chi connectivity index (χ1) is 11.1. The molecule has 2 fully saturated rings. The molecule has 1 N–H and O–H groups in total. The molecule has 5 nitrogen and oxygen atoms in total. The van der Waals surface area contributed by atoms with Gasteiger partial charge in [0.05, 0.1) is 24.9 Å². The van der Waals surface area contributed by atoms with E-state index in [1.807, 2.05) is 36.1 Å².